The van der Waals surface area contributed by atoms with Gasteiger partial charge in [0.2, 0.25) is 0 Å². The number of esters is 1. The Kier molecular flexibility index (Phi) is 6.27. The molecule has 0 radical (unpaired) electrons. The van der Waals surface area contributed by atoms with Crippen LogP contribution in [0.2, 0.25) is 0 Å². The molecule has 5 aromatic rings. The Hall–Kier alpha value is -4.05. The predicted molar refractivity (Wildman–Crippen MR) is 131 cm³/mol. The fraction of sp³-hybridized carbons (Fsp3) is 0.115. The molecule has 36 heavy (non-hydrogen) atoms. The highest BCUT2D eigenvalue weighted by Gasteiger charge is 2.31. The maximum absolute atomic E-state index is 13.5. The molecule has 0 saturated carbocycles. The summed E-state index contributed by atoms with van der Waals surface area (Å²) in [5.41, 5.74) is 0.524. The maximum atomic E-state index is 13.5. The van der Waals surface area contributed by atoms with Crippen LogP contribution < -0.4 is 5.56 Å². The number of nitrogens with one attached hydrogen (secondary N) is 1. The lowest BCUT2D eigenvalue weighted by molar-refractivity contribution is -0.141. The minimum Gasteiger partial charge on any atom is -0.460 e. The van der Waals surface area contributed by atoms with E-state index in [1.165, 1.54) is 12.1 Å². The number of benzene rings is 3. The molecule has 10 heteroatoms. The Morgan fingerprint density at radius 2 is 1.75 bits per heavy atom. The van der Waals surface area contributed by atoms with Gasteiger partial charge < -0.3 is 9.72 Å². The lowest BCUT2D eigenvalue weighted by Crippen LogP contribution is -2.23. The van der Waals surface area contributed by atoms with Crippen molar-refractivity contribution in [2.24, 2.45) is 0 Å². The molecule has 1 N–H and O–H groups in total. The molecule has 2 aromatic heterocycles. The summed E-state index contributed by atoms with van der Waals surface area (Å²) >= 11 is 0.922. The number of H-pyrrole nitrogens is 1. The SMILES string of the molecule is O=C(CSc1nc2c([nH]c3ccccc32)c(=O)n1-c1cccc(C(F)(F)F)c1)OCc1ccccc1. The number of halogens is 3. The molecule has 0 aliphatic carbocycles. The van der Waals surface area contributed by atoms with E-state index in [0.717, 1.165) is 34.0 Å². The van der Waals surface area contributed by atoms with Crippen LogP contribution in [0, 0.1) is 0 Å². The van der Waals surface area contributed by atoms with E-state index < -0.39 is 23.3 Å². The molecule has 0 saturated heterocycles. The van der Waals surface area contributed by atoms with Crippen molar-refractivity contribution in [3.8, 4) is 5.69 Å². The number of aromatic amines is 1. The van der Waals surface area contributed by atoms with E-state index in [2.05, 4.69) is 9.97 Å². The van der Waals surface area contributed by atoms with Crippen molar-refractivity contribution in [1.82, 2.24) is 14.5 Å². The maximum Gasteiger partial charge on any atom is 0.416 e. The molecule has 2 heterocycles. The van der Waals surface area contributed by atoms with Gasteiger partial charge in [-0.05, 0) is 29.8 Å². The smallest absolute Gasteiger partial charge is 0.416 e. The minimum absolute atomic E-state index is 0.0111. The Bertz CT molecular complexity index is 1630. The third kappa shape index (κ3) is 4.72. The number of fused-ring (bicyclic) bond motifs is 3. The number of ether oxygens (including phenoxy) is 1. The number of nitrogens with zero attached hydrogens (tertiary/aromatic N) is 2. The molecule has 0 bridgehead atoms. The number of thioether (sulfide) groups is 1. The molecule has 6 nitrogen and oxygen atoms in total. The van der Waals surface area contributed by atoms with Crippen LogP contribution >= 0.6 is 11.8 Å². The summed E-state index contributed by atoms with van der Waals surface area (Å²) in [5, 5.41) is 0.766. The Morgan fingerprint density at radius 1 is 1.00 bits per heavy atom. The summed E-state index contributed by atoms with van der Waals surface area (Å²) in [7, 11) is 0. The molecule has 182 valence electrons. The van der Waals surface area contributed by atoms with Crippen molar-refractivity contribution in [2.45, 2.75) is 17.9 Å². The highest BCUT2D eigenvalue weighted by Crippen LogP contribution is 2.32. The third-order valence-electron chi connectivity index (χ3n) is 5.49. The predicted octanol–water partition coefficient (Wildman–Crippen LogP) is 5.72. The standard InChI is InChI=1S/C26H18F3N3O3S/c27-26(28,29)17-9-6-10-18(13-17)32-24(34)23-22(19-11-4-5-12-20(19)30-23)31-25(32)36-15-21(33)35-14-16-7-2-1-3-8-16/h1-13,30H,14-15H2. The first-order valence-corrected chi connectivity index (χ1v) is 11.8. The van der Waals surface area contributed by atoms with Gasteiger partial charge in [-0.1, -0.05) is 66.4 Å². The zero-order valence-electron chi connectivity index (χ0n) is 18.6. The molecular formula is C26H18F3N3O3S. The van der Waals surface area contributed by atoms with Crippen LogP contribution in [0.1, 0.15) is 11.1 Å². The van der Waals surface area contributed by atoms with Crippen molar-refractivity contribution in [1.29, 1.82) is 0 Å². The lowest BCUT2D eigenvalue weighted by Gasteiger charge is -2.14. The minimum atomic E-state index is -4.59. The topological polar surface area (TPSA) is 77.0 Å². The van der Waals surface area contributed by atoms with E-state index >= 15 is 0 Å². The highest BCUT2D eigenvalue weighted by atomic mass is 32.2. The van der Waals surface area contributed by atoms with E-state index in [0.29, 0.717) is 16.4 Å². The van der Waals surface area contributed by atoms with Crippen molar-refractivity contribution >= 4 is 39.7 Å². The summed E-state index contributed by atoms with van der Waals surface area (Å²) < 4.78 is 46.5. The van der Waals surface area contributed by atoms with Gasteiger partial charge in [0.25, 0.3) is 5.56 Å². The van der Waals surface area contributed by atoms with Crippen LogP contribution in [0.3, 0.4) is 0 Å². The number of para-hydroxylation sites is 1. The second kappa shape index (κ2) is 9.54. The molecule has 0 amide bonds. The summed E-state index contributed by atoms with van der Waals surface area (Å²) in [6, 6.07) is 20.7. The van der Waals surface area contributed by atoms with E-state index in [9.17, 15) is 22.8 Å². The van der Waals surface area contributed by atoms with Crippen LogP contribution in [-0.2, 0) is 22.3 Å². The average molecular weight is 510 g/mol. The average Bonchev–Trinajstić information content (AvgIpc) is 3.25. The molecule has 3 aromatic carbocycles. The third-order valence-corrected chi connectivity index (χ3v) is 6.40. The Morgan fingerprint density at radius 3 is 2.53 bits per heavy atom. The van der Waals surface area contributed by atoms with Crippen molar-refractivity contribution in [3.05, 3.63) is 100 Å². The summed E-state index contributed by atoms with van der Waals surface area (Å²) in [4.78, 5) is 33.5. The van der Waals surface area contributed by atoms with Crippen molar-refractivity contribution < 1.29 is 22.7 Å². The molecule has 0 spiro atoms. The van der Waals surface area contributed by atoms with Gasteiger partial charge in [0.15, 0.2) is 5.16 Å². The first-order valence-electron chi connectivity index (χ1n) is 10.8. The lowest BCUT2D eigenvalue weighted by atomic mass is 10.2. The van der Waals surface area contributed by atoms with Crippen LogP contribution in [0.5, 0.6) is 0 Å². The number of carbonyl (C=O) groups excluding carboxylic acids is 1. The zero-order valence-corrected chi connectivity index (χ0v) is 19.4. The summed E-state index contributed by atoms with van der Waals surface area (Å²) in [6.07, 6.45) is -4.59. The number of carbonyl (C=O) groups is 1. The molecular weight excluding hydrogens is 491 g/mol. The Labute approximate surface area is 206 Å². The van der Waals surface area contributed by atoms with Gasteiger partial charge in [0.1, 0.15) is 17.6 Å². The van der Waals surface area contributed by atoms with Gasteiger partial charge >= 0.3 is 12.1 Å². The van der Waals surface area contributed by atoms with Gasteiger partial charge in [-0.25, -0.2) is 4.98 Å². The van der Waals surface area contributed by atoms with Gasteiger partial charge in [0, 0.05) is 10.9 Å². The molecule has 0 aliphatic heterocycles. The molecule has 0 atom stereocenters. The number of hydrogen-bond acceptors (Lipinski definition) is 5. The van der Waals surface area contributed by atoms with Gasteiger partial charge in [-0.3, -0.25) is 14.2 Å². The van der Waals surface area contributed by atoms with E-state index in [1.807, 2.05) is 30.3 Å². The fourth-order valence-electron chi connectivity index (χ4n) is 3.79. The molecule has 5 rings (SSSR count). The zero-order chi connectivity index (χ0) is 25.3. The van der Waals surface area contributed by atoms with Crippen molar-refractivity contribution in [2.75, 3.05) is 5.75 Å². The van der Waals surface area contributed by atoms with Crippen LogP contribution in [0.4, 0.5) is 13.2 Å². The van der Waals surface area contributed by atoms with E-state index in [4.69, 9.17) is 4.74 Å². The van der Waals surface area contributed by atoms with Gasteiger partial charge in [-0.2, -0.15) is 13.2 Å². The van der Waals surface area contributed by atoms with E-state index in [-0.39, 0.29) is 28.7 Å². The number of rotatable bonds is 6. The largest absolute Gasteiger partial charge is 0.460 e. The second-order valence-corrected chi connectivity index (χ2v) is 8.85. The Balaban J connectivity index is 1.54. The van der Waals surface area contributed by atoms with E-state index in [1.54, 1.807) is 24.3 Å². The van der Waals surface area contributed by atoms with Crippen LogP contribution in [0.25, 0.3) is 27.6 Å². The number of aromatic nitrogens is 3. The number of alkyl halides is 3. The van der Waals surface area contributed by atoms with Crippen LogP contribution in [-0.4, -0.2) is 26.3 Å². The fourth-order valence-corrected chi connectivity index (χ4v) is 4.59. The highest BCUT2D eigenvalue weighted by molar-refractivity contribution is 7.99. The first-order chi connectivity index (χ1) is 17.3. The molecule has 0 fully saturated rings. The van der Waals surface area contributed by atoms with Gasteiger partial charge in [0.05, 0.1) is 17.0 Å². The molecule has 0 aliphatic rings. The quantitative estimate of drug-likeness (QED) is 0.180. The normalized spacial score (nSPS) is 11.8. The molecule has 0 unspecified atom stereocenters. The van der Waals surface area contributed by atoms with Gasteiger partial charge in [-0.15, -0.1) is 0 Å². The second-order valence-electron chi connectivity index (χ2n) is 7.91. The summed E-state index contributed by atoms with van der Waals surface area (Å²) in [6.45, 7) is 0.0789. The van der Waals surface area contributed by atoms with Crippen molar-refractivity contribution in [3.63, 3.8) is 0 Å². The first kappa shape index (κ1) is 23.7. The summed E-state index contributed by atoms with van der Waals surface area (Å²) in [5.74, 6) is -0.737. The number of hydrogen-bond donors (Lipinski definition) is 1. The van der Waals surface area contributed by atoms with Crippen LogP contribution in [0.15, 0.2) is 88.8 Å². The monoisotopic (exact) mass is 509 g/mol.